The van der Waals surface area contributed by atoms with Gasteiger partial charge < -0.3 is 14.6 Å². The SMILES string of the molecule is C=C(C)C(=O)NCCCc1nc2ccccc2n1CCCOc1ccccc1C. The summed E-state index contributed by atoms with van der Waals surface area (Å²) >= 11 is 0. The Bertz CT molecular complexity index is 991. The fraction of sp³-hybridized carbons (Fsp3) is 0.333. The normalized spacial score (nSPS) is 10.8. The standard InChI is InChI=1S/C24H29N3O2/c1-18(2)24(28)25-15-8-14-23-26-20-11-5-6-12-21(20)27(23)16-9-17-29-22-13-7-4-10-19(22)3/h4-7,10-13H,1,8-9,14-17H2,2-3H3,(H,25,28). The highest BCUT2D eigenvalue weighted by Crippen LogP contribution is 2.19. The Kier molecular flexibility index (Phi) is 7.06. The van der Waals surface area contributed by atoms with E-state index in [2.05, 4.69) is 35.5 Å². The number of aryl methyl sites for hydroxylation is 3. The first kappa shape index (κ1) is 20.6. The molecule has 0 unspecified atom stereocenters. The van der Waals surface area contributed by atoms with Gasteiger partial charge >= 0.3 is 0 Å². The average Bonchev–Trinajstić information content (AvgIpc) is 3.07. The Morgan fingerprint density at radius 2 is 1.90 bits per heavy atom. The van der Waals surface area contributed by atoms with Crippen LogP contribution in [0.5, 0.6) is 5.75 Å². The molecule has 0 spiro atoms. The molecule has 3 aromatic rings. The monoisotopic (exact) mass is 391 g/mol. The molecule has 1 heterocycles. The number of benzene rings is 2. The molecular formula is C24H29N3O2. The molecule has 0 radical (unpaired) electrons. The minimum absolute atomic E-state index is 0.0909. The van der Waals surface area contributed by atoms with Crippen LogP contribution in [0, 0.1) is 6.92 Å². The summed E-state index contributed by atoms with van der Waals surface area (Å²) < 4.78 is 8.22. The molecule has 0 atom stereocenters. The number of para-hydroxylation sites is 3. The Morgan fingerprint density at radius 1 is 1.14 bits per heavy atom. The average molecular weight is 392 g/mol. The highest BCUT2D eigenvalue weighted by molar-refractivity contribution is 5.92. The van der Waals surface area contributed by atoms with Crippen molar-refractivity contribution in [1.82, 2.24) is 14.9 Å². The predicted octanol–water partition coefficient (Wildman–Crippen LogP) is 4.44. The first-order valence-corrected chi connectivity index (χ1v) is 10.1. The fourth-order valence-electron chi connectivity index (χ4n) is 3.29. The van der Waals surface area contributed by atoms with Crippen LogP contribution >= 0.6 is 0 Å². The second kappa shape index (κ2) is 9.92. The lowest BCUT2D eigenvalue weighted by Crippen LogP contribution is -2.25. The van der Waals surface area contributed by atoms with Gasteiger partial charge in [-0.1, -0.05) is 36.9 Å². The smallest absolute Gasteiger partial charge is 0.246 e. The van der Waals surface area contributed by atoms with E-state index < -0.39 is 0 Å². The van der Waals surface area contributed by atoms with Gasteiger partial charge in [-0.3, -0.25) is 4.79 Å². The fourth-order valence-corrected chi connectivity index (χ4v) is 3.29. The molecule has 5 heteroatoms. The predicted molar refractivity (Wildman–Crippen MR) is 117 cm³/mol. The van der Waals surface area contributed by atoms with Gasteiger partial charge in [0.2, 0.25) is 5.91 Å². The molecule has 0 bridgehead atoms. The van der Waals surface area contributed by atoms with Crippen LogP contribution in [0.1, 0.15) is 31.2 Å². The topological polar surface area (TPSA) is 56.2 Å². The van der Waals surface area contributed by atoms with Gasteiger partial charge in [0, 0.05) is 25.1 Å². The minimum Gasteiger partial charge on any atom is -0.493 e. The van der Waals surface area contributed by atoms with Crippen molar-refractivity contribution < 1.29 is 9.53 Å². The van der Waals surface area contributed by atoms with Crippen LogP contribution in [0.25, 0.3) is 11.0 Å². The van der Waals surface area contributed by atoms with Crippen LogP contribution in [-0.2, 0) is 17.8 Å². The summed E-state index contributed by atoms with van der Waals surface area (Å²) in [5.74, 6) is 1.90. The van der Waals surface area contributed by atoms with Crippen molar-refractivity contribution in [3.05, 3.63) is 72.1 Å². The van der Waals surface area contributed by atoms with Crippen molar-refractivity contribution in [2.24, 2.45) is 0 Å². The third-order valence-corrected chi connectivity index (χ3v) is 4.86. The van der Waals surface area contributed by atoms with E-state index in [4.69, 9.17) is 9.72 Å². The maximum Gasteiger partial charge on any atom is 0.246 e. The lowest BCUT2D eigenvalue weighted by Gasteiger charge is -2.12. The zero-order valence-electron chi connectivity index (χ0n) is 17.3. The van der Waals surface area contributed by atoms with E-state index in [1.165, 1.54) is 0 Å². The summed E-state index contributed by atoms with van der Waals surface area (Å²) in [7, 11) is 0. The molecule has 0 fully saturated rings. The number of imidazole rings is 1. The lowest BCUT2D eigenvalue weighted by atomic mass is 10.2. The number of carbonyl (C=O) groups excluding carboxylic acids is 1. The van der Waals surface area contributed by atoms with Gasteiger partial charge in [0.1, 0.15) is 11.6 Å². The van der Waals surface area contributed by atoms with E-state index in [-0.39, 0.29) is 5.91 Å². The summed E-state index contributed by atoms with van der Waals surface area (Å²) in [5.41, 5.74) is 3.83. The number of hydrogen-bond acceptors (Lipinski definition) is 3. The van der Waals surface area contributed by atoms with Crippen LogP contribution in [0.2, 0.25) is 0 Å². The summed E-state index contributed by atoms with van der Waals surface area (Å²) in [6.07, 6.45) is 2.54. The molecule has 2 aromatic carbocycles. The number of fused-ring (bicyclic) bond motifs is 1. The molecule has 152 valence electrons. The number of carbonyl (C=O) groups is 1. The van der Waals surface area contributed by atoms with Gasteiger partial charge in [-0.2, -0.15) is 0 Å². The van der Waals surface area contributed by atoms with Crippen molar-refractivity contribution in [3.63, 3.8) is 0 Å². The number of nitrogens with zero attached hydrogens (tertiary/aromatic N) is 2. The van der Waals surface area contributed by atoms with Gasteiger partial charge in [-0.15, -0.1) is 0 Å². The number of ether oxygens (including phenoxy) is 1. The summed E-state index contributed by atoms with van der Waals surface area (Å²) in [5, 5.41) is 2.89. The zero-order valence-corrected chi connectivity index (χ0v) is 17.3. The summed E-state index contributed by atoms with van der Waals surface area (Å²) in [6.45, 7) is 9.56. The van der Waals surface area contributed by atoms with E-state index in [1.807, 2.05) is 36.4 Å². The maximum atomic E-state index is 11.6. The number of amides is 1. The number of aromatic nitrogens is 2. The molecule has 0 aliphatic rings. The van der Waals surface area contributed by atoms with E-state index in [9.17, 15) is 4.79 Å². The quantitative estimate of drug-likeness (QED) is 0.411. The van der Waals surface area contributed by atoms with Crippen LogP contribution in [-0.4, -0.2) is 28.6 Å². The Hall–Kier alpha value is -3.08. The van der Waals surface area contributed by atoms with Crippen molar-refractivity contribution >= 4 is 16.9 Å². The van der Waals surface area contributed by atoms with Crippen LogP contribution < -0.4 is 10.1 Å². The van der Waals surface area contributed by atoms with Crippen LogP contribution in [0.15, 0.2) is 60.7 Å². The van der Waals surface area contributed by atoms with E-state index in [0.29, 0.717) is 18.7 Å². The third-order valence-electron chi connectivity index (χ3n) is 4.86. The van der Waals surface area contributed by atoms with Gasteiger partial charge in [0.05, 0.1) is 17.6 Å². The molecule has 0 saturated carbocycles. The molecule has 1 N–H and O–H groups in total. The first-order valence-electron chi connectivity index (χ1n) is 10.1. The summed E-state index contributed by atoms with van der Waals surface area (Å²) in [4.78, 5) is 16.4. The highest BCUT2D eigenvalue weighted by atomic mass is 16.5. The maximum absolute atomic E-state index is 11.6. The molecule has 0 aliphatic heterocycles. The molecule has 3 rings (SSSR count). The van der Waals surface area contributed by atoms with Crippen molar-refractivity contribution in [3.8, 4) is 5.75 Å². The van der Waals surface area contributed by atoms with Crippen molar-refractivity contribution in [2.75, 3.05) is 13.2 Å². The first-order chi connectivity index (χ1) is 14.1. The van der Waals surface area contributed by atoms with Gasteiger partial charge in [-0.05, 0) is 50.5 Å². The van der Waals surface area contributed by atoms with Crippen molar-refractivity contribution in [2.45, 2.75) is 39.7 Å². The highest BCUT2D eigenvalue weighted by Gasteiger charge is 2.10. The molecule has 29 heavy (non-hydrogen) atoms. The lowest BCUT2D eigenvalue weighted by molar-refractivity contribution is -0.117. The number of hydrogen-bond donors (Lipinski definition) is 1. The molecule has 1 aromatic heterocycles. The summed E-state index contributed by atoms with van der Waals surface area (Å²) in [6, 6.07) is 16.3. The second-order valence-electron chi connectivity index (χ2n) is 7.28. The van der Waals surface area contributed by atoms with Gasteiger partial charge in [-0.25, -0.2) is 4.98 Å². The zero-order chi connectivity index (χ0) is 20.6. The van der Waals surface area contributed by atoms with Gasteiger partial charge in [0.15, 0.2) is 0 Å². The molecule has 1 amide bonds. The molecule has 0 saturated heterocycles. The van der Waals surface area contributed by atoms with E-state index in [0.717, 1.165) is 54.0 Å². The Morgan fingerprint density at radius 3 is 2.69 bits per heavy atom. The largest absolute Gasteiger partial charge is 0.493 e. The van der Waals surface area contributed by atoms with Crippen LogP contribution in [0.3, 0.4) is 0 Å². The van der Waals surface area contributed by atoms with Gasteiger partial charge in [0.25, 0.3) is 0 Å². The Balaban J connectivity index is 1.60. The molecule has 0 aliphatic carbocycles. The third kappa shape index (κ3) is 5.47. The number of nitrogens with one attached hydrogen (secondary N) is 1. The van der Waals surface area contributed by atoms with E-state index in [1.54, 1.807) is 6.92 Å². The van der Waals surface area contributed by atoms with Crippen molar-refractivity contribution in [1.29, 1.82) is 0 Å². The number of rotatable bonds is 10. The molecular weight excluding hydrogens is 362 g/mol. The second-order valence-corrected chi connectivity index (χ2v) is 7.28. The van der Waals surface area contributed by atoms with E-state index >= 15 is 0 Å². The Labute approximate surface area is 172 Å². The molecule has 5 nitrogen and oxygen atoms in total. The minimum atomic E-state index is -0.0909. The van der Waals surface area contributed by atoms with Crippen LogP contribution in [0.4, 0.5) is 0 Å².